The first-order valence-electron chi connectivity index (χ1n) is 7.43. The van der Waals surface area contributed by atoms with Crippen molar-refractivity contribution in [2.24, 2.45) is 0 Å². The average Bonchev–Trinajstić information content (AvgIpc) is 2.66. The lowest BCUT2D eigenvalue weighted by Gasteiger charge is -2.21. The lowest BCUT2D eigenvalue weighted by molar-refractivity contribution is 0.494. The first kappa shape index (κ1) is 16.1. The second-order valence-electron chi connectivity index (χ2n) is 5.70. The number of nitrogens with one attached hydrogen (secondary N) is 1. The van der Waals surface area contributed by atoms with Crippen LogP contribution in [-0.4, -0.2) is 6.54 Å². The molecule has 2 rings (SSSR count). The molecule has 114 valence electrons. The fourth-order valence-electron chi connectivity index (χ4n) is 2.83. The molecule has 1 aromatic carbocycles. The third-order valence-corrected chi connectivity index (χ3v) is 4.57. The lowest BCUT2D eigenvalue weighted by atomic mass is 9.93. The lowest BCUT2D eigenvalue weighted by Crippen LogP contribution is -2.23. The van der Waals surface area contributed by atoms with Crippen LogP contribution >= 0.6 is 11.6 Å². The minimum absolute atomic E-state index is 0.0687. The first-order chi connectivity index (χ1) is 9.86. The quantitative estimate of drug-likeness (QED) is 0.842. The summed E-state index contributed by atoms with van der Waals surface area (Å²) in [5.41, 5.74) is 6.00. The summed E-state index contributed by atoms with van der Waals surface area (Å²) >= 11 is 6.52. The van der Waals surface area contributed by atoms with E-state index >= 15 is 0 Å². The Kier molecular flexibility index (Phi) is 4.80. The number of benzene rings is 1. The van der Waals surface area contributed by atoms with Crippen LogP contribution in [-0.2, 0) is 0 Å². The third-order valence-electron chi connectivity index (χ3n) is 4.24. The summed E-state index contributed by atoms with van der Waals surface area (Å²) in [5.74, 6) is 1.94. The van der Waals surface area contributed by atoms with Crippen LogP contribution in [0.4, 0.5) is 0 Å². The van der Waals surface area contributed by atoms with Gasteiger partial charge in [-0.15, -0.1) is 0 Å². The molecule has 0 aliphatic carbocycles. The summed E-state index contributed by atoms with van der Waals surface area (Å²) in [6, 6.07) is 4.31. The number of hydrogen-bond donors (Lipinski definition) is 1. The van der Waals surface area contributed by atoms with Crippen LogP contribution in [0, 0.1) is 34.6 Å². The van der Waals surface area contributed by atoms with E-state index in [1.807, 2.05) is 19.9 Å². The first-order valence-corrected chi connectivity index (χ1v) is 7.81. The van der Waals surface area contributed by atoms with E-state index in [0.717, 1.165) is 28.7 Å². The van der Waals surface area contributed by atoms with E-state index in [1.54, 1.807) is 0 Å². The van der Waals surface area contributed by atoms with Crippen LogP contribution in [0.15, 0.2) is 16.5 Å². The number of furan rings is 1. The third kappa shape index (κ3) is 3.02. The molecule has 1 unspecified atom stereocenters. The number of aryl methyl sites for hydroxylation is 4. The van der Waals surface area contributed by atoms with Gasteiger partial charge in [-0.25, -0.2) is 0 Å². The van der Waals surface area contributed by atoms with Crippen molar-refractivity contribution >= 4 is 11.6 Å². The molecule has 1 N–H and O–H groups in total. The van der Waals surface area contributed by atoms with Gasteiger partial charge in [0.2, 0.25) is 0 Å². The van der Waals surface area contributed by atoms with E-state index < -0.39 is 0 Å². The second kappa shape index (κ2) is 6.25. The van der Waals surface area contributed by atoms with Gasteiger partial charge in [0.15, 0.2) is 0 Å². The summed E-state index contributed by atoms with van der Waals surface area (Å²) in [6.45, 7) is 13.3. The molecule has 0 saturated heterocycles. The molecule has 0 amide bonds. The van der Waals surface area contributed by atoms with Crippen molar-refractivity contribution in [1.29, 1.82) is 0 Å². The fourth-order valence-corrected chi connectivity index (χ4v) is 3.16. The molecule has 0 saturated carbocycles. The molecular formula is C18H24ClNO. The Morgan fingerprint density at radius 3 is 2.19 bits per heavy atom. The smallest absolute Gasteiger partial charge is 0.106 e. The summed E-state index contributed by atoms with van der Waals surface area (Å²) in [7, 11) is 0. The Bertz CT molecular complexity index is 658. The molecule has 21 heavy (non-hydrogen) atoms. The highest BCUT2D eigenvalue weighted by Crippen LogP contribution is 2.35. The van der Waals surface area contributed by atoms with Crippen molar-refractivity contribution in [3.63, 3.8) is 0 Å². The Hall–Kier alpha value is -1.25. The van der Waals surface area contributed by atoms with Gasteiger partial charge in [-0.1, -0.05) is 24.6 Å². The average molecular weight is 306 g/mol. The van der Waals surface area contributed by atoms with E-state index in [-0.39, 0.29) is 6.04 Å². The standard InChI is InChI=1S/C18H24ClNO/c1-7-20-18(17-12(4)13(5)21-14(17)6)15-8-10(2)11(3)9-16(15)19/h8-9,18,20H,7H2,1-6H3. The van der Waals surface area contributed by atoms with Crippen LogP contribution in [0.2, 0.25) is 5.02 Å². The van der Waals surface area contributed by atoms with E-state index in [1.165, 1.54) is 22.3 Å². The molecule has 1 atom stereocenters. The monoisotopic (exact) mass is 305 g/mol. The van der Waals surface area contributed by atoms with Gasteiger partial charge in [0, 0.05) is 10.6 Å². The molecule has 1 heterocycles. The van der Waals surface area contributed by atoms with Crippen molar-refractivity contribution in [3.05, 3.63) is 56.5 Å². The topological polar surface area (TPSA) is 25.2 Å². The number of halogens is 1. The fraction of sp³-hybridized carbons (Fsp3) is 0.444. The molecular weight excluding hydrogens is 282 g/mol. The minimum atomic E-state index is 0.0687. The Morgan fingerprint density at radius 1 is 1.05 bits per heavy atom. The predicted octanol–water partition coefficient (Wildman–Crippen LogP) is 5.17. The summed E-state index contributed by atoms with van der Waals surface area (Å²) in [5, 5.41) is 4.36. The maximum Gasteiger partial charge on any atom is 0.106 e. The maximum absolute atomic E-state index is 6.52. The van der Waals surface area contributed by atoms with Gasteiger partial charge < -0.3 is 9.73 Å². The van der Waals surface area contributed by atoms with Gasteiger partial charge in [0.05, 0.1) is 6.04 Å². The highest BCUT2D eigenvalue weighted by molar-refractivity contribution is 6.31. The molecule has 3 heteroatoms. The normalized spacial score (nSPS) is 12.7. The SMILES string of the molecule is CCNC(c1cc(C)c(C)cc1Cl)c1c(C)oc(C)c1C. The van der Waals surface area contributed by atoms with Crippen molar-refractivity contribution in [2.75, 3.05) is 6.54 Å². The highest BCUT2D eigenvalue weighted by atomic mass is 35.5. The molecule has 0 radical (unpaired) electrons. The zero-order valence-electron chi connectivity index (χ0n) is 13.7. The molecule has 0 aliphatic rings. The van der Waals surface area contributed by atoms with Crippen LogP contribution < -0.4 is 5.32 Å². The molecule has 0 bridgehead atoms. The molecule has 2 aromatic rings. The summed E-state index contributed by atoms with van der Waals surface area (Å²) in [4.78, 5) is 0. The van der Waals surface area contributed by atoms with E-state index in [4.69, 9.17) is 16.0 Å². The zero-order valence-corrected chi connectivity index (χ0v) is 14.5. The summed E-state index contributed by atoms with van der Waals surface area (Å²) in [6.07, 6.45) is 0. The van der Waals surface area contributed by atoms with E-state index in [9.17, 15) is 0 Å². The largest absolute Gasteiger partial charge is 0.466 e. The zero-order chi connectivity index (χ0) is 15.7. The van der Waals surface area contributed by atoms with Gasteiger partial charge in [-0.3, -0.25) is 0 Å². The predicted molar refractivity (Wildman–Crippen MR) is 89.4 cm³/mol. The van der Waals surface area contributed by atoms with Crippen LogP contribution in [0.25, 0.3) is 0 Å². The van der Waals surface area contributed by atoms with Crippen LogP contribution in [0.1, 0.15) is 52.3 Å². The van der Waals surface area contributed by atoms with Crippen molar-refractivity contribution in [2.45, 2.75) is 47.6 Å². The van der Waals surface area contributed by atoms with E-state index in [2.05, 4.69) is 39.1 Å². The minimum Gasteiger partial charge on any atom is -0.466 e. The van der Waals surface area contributed by atoms with Gasteiger partial charge in [0.1, 0.15) is 11.5 Å². The highest BCUT2D eigenvalue weighted by Gasteiger charge is 2.24. The molecule has 0 fully saturated rings. The summed E-state index contributed by atoms with van der Waals surface area (Å²) < 4.78 is 5.80. The number of rotatable bonds is 4. The van der Waals surface area contributed by atoms with E-state index in [0.29, 0.717) is 0 Å². The molecule has 2 nitrogen and oxygen atoms in total. The Labute approximate surface area is 132 Å². The van der Waals surface area contributed by atoms with Crippen LogP contribution in [0.3, 0.4) is 0 Å². The molecule has 0 spiro atoms. The van der Waals surface area contributed by atoms with Crippen LogP contribution in [0.5, 0.6) is 0 Å². The number of hydrogen-bond acceptors (Lipinski definition) is 2. The van der Waals surface area contributed by atoms with Crippen molar-refractivity contribution < 1.29 is 4.42 Å². The van der Waals surface area contributed by atoms with Gasteiger partial charge in [-0.05, 0) is 69.5 Å². The van der Waals surface area contributed by atoms with Gasteiger partial charge >= 0.3 is 0 Å². The second-order valence-corrected chi connectivity index (χ2v) is 6.11. The Morgan fingerprint density at radius 2 is 1.67 bits per heavy atom. The molecule has 1 aromatic heterocycles. The molecule has 0 aliphatic heterocycles. The van der Waals surface area contributed by atoms with Crippen molar-refractivity contribution in [1.82, 2.24) is 5.32 Å². The van der Waals surface area contributed by atoms with Gasteiger partial charge in [0.25, 0.3) is 0 Å². The van der Waals surface area contributed by atoms with Crippen molar-refractivity contribution in [3.8, 4) is 0 Å². The maximum atomic E-state index is 6.52. The Balaban J connectivity index is 2.61. The van der Waals surface area contributed by atoms with Gasteiger partial charge in [-0.2, -0.15) is 0 Å².